The van der Waals surface area contributed by atoms with Crippen molar-refractivity contribution >= 4 is 11.4 Å². The van der Waals surface area contributed by atoms with Crippen molar-refractivity contribution in [1.29, 1.82) is 0 Å². The van der Waals surface area contributed by atoms with Crippen molar-refractivity contribution < 1.29 is 19.0 Å². The van der Waals surface area contributed by atoms with Crippen molar-refractivity contribution in [3.63, 3.8) is 0 Å². The number of carbonyl (C=O) groups excluding carboxylic acids is 1. The topological polar surface area (TPSA) is 75.0 Å². The van der Waals surface area contributed by atoms with Crippen molar-refractivity contribution in [2.45, 2.75) is 25.4 Å². The van der Waals surface area contributed by atoms with E-state index >= 15 is 0 Å². The lowest BCUT2D eigenvalue weighted by atomic mass is 9.81. The molecule has 0 aliphatic heterocycles. The van der Waals surface area contributed by atoms with Crippen LogP contribution in [0.25, 0.3) is 16.8 Å². The summed E-state index contributed by atoms with van der Waals surface area (Å²) in [6, 6.07) is 15.8. The first kappa shape index (κ1) is 21.2. The summed E-state index contributed by atoms with van der Waals surface area (Å²) in [5, 5.41) is 4.85. The van der Waals surface area contributed by atoms with Gasteiger partial charge in [0.25, 0.3) is 0 Å². The minimum absolute atomic E-state index is 0.0355. The van der Waals surface area contributed by atoms with Crippen molar-refractivity contribution in [3.05, 3.63) is 77.2 Å². The molecule has 0 fully saturated rings. The van der Waals surface area contributed by atoms with Gasteiger partial charge in [0, 0.05) is 31.7 Å². The molecule has 0 amide bonds. The smallest absolute Gasteiger partial charge is 0.166 e. The second kappa shape index (κ2) is 8.67. The van der Waals surface area contributed by atoms with Gasteiger partial charge in [-0.1, -0.05) is 36.4 Å². The first-order valence-corrected chi connectivity index (χ1v) is 10.8. The number of rotatable bonds is 6. The maximum atomic E-state index is 13.2. The van der Waals surface area contributed by atoms with E-state index in [2.05, 4.69) is 4.98 Å². The summed E-state index contributed by atoms with van der Waals surface area (Å²) in [6.07, 6.45) is 2.73. The lowest BCUT2D eigenvalue weighted by Gasteiger charge is -2.25. The number of nitrogens with zero attached hydrogens (tertiary/aromatic N) is 3. The van der Waals surface area contributed by atoms with Crippen molar-refractivity contribution in [2.75, 3.05) is 21.3 Å². The molecule has 2 aromatic heterocycles. The molecule has 1 atom stereocenters. The molecule has 4 aromatic rings. The van der Waals surface area contributed by atoms with Gasteiger partial charge in [-0.2, -0.15) is 5.10 Å². The van der Waals surface area contributed by atoms with E-state index < -0.39 is 0 Å². The first-order chi connectivity index (χ1) is 16.1. The Labute approximate surface area is 191 Å². The number of ether oxygens (including phenoxy) is 3. The highest BCUT2D eigenvalue weighted by Crippen LogP contribution is 2.39. The molecule has 2 aromatic carbocycles. The van der Waals surface area contributed by atoms with Gasteiger partial charge in [-0.25, -0.2) is 9.50 Å². The second-order valence-corrected chi connectivity index (χ2v) is 8.11. The van der Waals surface area contributed by atoms with E-state index in [1.165, 1.54) is 0 Å². The van der Waals surface area contributed by atoms with E-state index in [0.29, 0.717) is 36.5 Å². The molecule has 0 N–H and O–H groups in total. The number of methoxy groups -OCH3 is 3. The van der Waals surface area contributed by atoms with E-state index in [9.17, 15) is 4.79 Å². The van der Waals surface area contributed by atoms with Gasteiger partial charge in [0.05, 0.1) is 43.3 Å². The van der Waals surface area contributed by atoms with Crippen LogP contribution >= 0.6 is 0 Å². The van der Waals surface area contributed by atoms with Crippen LogP contribution in [-0.2, 0) is 17.8 Å². The van der Waals surface area contributed by atoms with Crippen LogP contribution in [0.3, 0.4) is 0 Å². The summed E-state index contributed by atoms with van der Waals surface area (Å²) in [7, 11) is 4.91. The Bertz CT molecular complexity index is 1330. The summed E-state index contributed by atoms with van der Waals surface area (Å²) in [4.78, 5) is 17.8. The first-order valence-electron chi connectivity index (χ1n) is 10.8. The second-order valence-electron chi connectivity index (χ2n) is 8.11. The van der Waals surface area contributed by atoms with Crippen LogP contribution in [-0.4, -0.2) is 41.7 Å². The predicted octanol–water partition coefficient (Wildman–Crippen LogP) is 4.47. The number of Topliss-reactive ketones (excluding diaryl/α,β-unsaturated/α-hetero) is 1. The average Bonchev–Trinajstić information content (AvgIpc) is 3.22. The maximum absolute atomic E-state index is 13.2. The quantitative estimate of drug-likeness (QED) is 0.438. The fraction of sp³-hybridized carbons (Fsp3) is 0.269. The van der Waals surface area contributed by atoms with Gasteiger partial charge in [-0.05, 0) is 23.6 Å². The molecular weight excluding hydrogens is 418 g/mol. The van der Waals surface area contributed by atoms with Crippen LogP contribution in [0.4, 0.5) is 0 Å². The van der Waals surface area contributed by atoms with Gasteiger partial charge in [-0.15, -0.1) is 0 Å². The predicted molar refractivity (Wildman–Crippen MR) is 124 cm³/mol. The highest BCUT2D eigenvalue weighted by atomic mass is 16.5. The van der Waals surface area contributed by atoms with Crippen LogP contribution in [0.5, 0.6) is 11.5 Å². The highest BCUT2D eigenvalue weighted by molar-refractivity contribution is 5.99. The third kappa shape index (κ3) is 3.64. The molecule has 1 aliphatic carbocycles. The zero-order chi connectivity index (χ0) is 22.9. The summed E-state index contributed by atoms with van der Waals surface area (Å²) < 4.78 is 18.2. The Morgan fingerprint density at radius 2 is 1.85 bits per heavy atom. The summed E-state index contributed by atoms with van der Waals surface area (Å²) in [5.74, 6) is 1.45. The molecule has 2 heterocycles. The van der Waals surface area contributed by atoms with E-state index in [4.69, 9.17) is 19.3 Å². The SMILES string of the molecule is COCc1nn2c3c(cnc2c1-c1ccccc1)C(=O)C[C@@H](c1ccc(OC)cc1OC)C3. The molecule has 1 aliphatic rings. The van der Waals surface area contributed by atoms with E-state index in [-0.39, 0.29) is 11.7 Å². The molecular formula is C26H25N3O4. The standard InChI is InChI=1S/C26H25N3O4/c1-31-15-21-25(16-7-5-4-6-8-16)26-27-14-20-22(29(26)28-21)11-17(12-23(20)30)19-10-9-18(32-2)13-24(19)33-3/h4-10,13-14,17H,11-12,15H2,1-3H3/t17-/m0/s1. The Hall–Kier alpha value is -3.71. The fourth-order valence-electron chi connectivity index (χ4n) is 4.66. The van der Waals surface area contributed by atoms with Crippen molar-refractivity contribution in [1.82, 2.24) is 14.6 Å². The van der Waals surface area contributed by atoms with Gasteiger partial charge in [0.1, 0.15) is 11.5 Å². The third-order valence-electron chi connectivity index (χ3n) is 6.21. The van der Waals surface area contributed by atoms with Crippen LogP contribution in [0.2, 0.25) is 0 Å². The molecule has 0 bridgehead atoms. The third-order valence-corrected chi connectivity index (χ3v) is 6.21. The molecule has 33 heavy (non-hydrogen) atoms. The molecule has 7 nitrogen and oxygen atoms in total. The Kier molecular flexibility index (Phi) is 5.56. The highest BCUT2D eigenvalue weighted by Gasteiger charge is 2.32. The normalized spacial score (nSPS) is 15.5. The molecule has 5 rings (SSSR count). The molecule has 0 unspecified atom stereocenters. The number of hydrogen-bond acceptors (Lipinski definition) is 6. The number of carbonyl (C=O) groups is 1. The minimum atomic E-state index is -0.0355. The fourth-order valence-corrected chi connectivity index (χ4v) is 4.66. The average molecular weight is 444 g/mol. The van der Waals surface area contributed by atoms with Gasteiger partial charge in [0.15, 0.2) is 11.4 Å². The van der Waals surface area contributed by atoms with Crippen LogP contribution in [0.15, 0.2) is 54.7 Å². The van der Waals surface area contributed by atoms with Crippen LogP contribution in [0.1, 0.15) is 39.6 Å². The van der Waals surface area contributed by atoms with E-state index in [1.54, 1.807) is 27.5 Å². The zero-order valence-corrected chi connectivity index (χ0v) is 18.9. The van der Waals surface area contributed by atoms with Crippen LogP contribution < -0.4 is 9.47 Å². The maximum Gasteiger partial charge on any atom is 0.166 e. The minimum Gasteiger partial charge on any atom is -0.497 e. The number of hydrogen-bond donors (Lipinski definition) is 0. The van der Waals surface area contributed by atoms with Crippen LogP contribution in [0, 0.1) is 0 Å². The molecule has 7 heteroatoms. The van der Waals surface area contributed by atoms with Gasteiger partial charge < -0.3 is 14.2 Å². The van der Waals surface area contributed by atoms with Gasteiger partial charge in [-0.3, -0.25) is 4.79 Å². The molecule has 0 radical (unpaired) electrons. The number of ketones is 1. The van der Waals surface area contributed by atoms with Crippen molar-refractivity contribution in [2.24, 2.45) is 0 Å². The number of aromatic nitrogens is 3. The summed E-state index contributed by atoms with van der Waals surface area (Å²) >= 11 is 0. The number of benzene rings is 2. The Morgan fingerprint density at radius 3 is 2.58 bits per heavy atom. The summed E-state index contributed by atoms with van der Waals surface area (Å²) in [6.45, 7) is 0.353. The van der Waals surface area contributed by atoms with Gasteiger partial charge in [0.2, 0.25) is 0 Å². The molecule has 0 saturated heterocycles. The Balaban J connectivity index is 1.65. The lowest BCUT2D eigenvalue weighted by molar-refractivity contribution is 0.0961. The largest absolute Gasteiger partial charge is 0.497 e. The molecule has 0 saturated carbocycles. The molecule has 168 valence electrons. The van der Waals surface area contributed by atoms with E-state index in [0.717, 1.165) is 33.7 Å². The van der Waals surface area contributed by atoms with Gasteiger partial charge >= 0.3 is 0 Å². The Morgan fingerprint density at radius 1 is 1.03 bits per heavy atom. The zero-order valence-electron chi connectivity index (χ0n) is 18.9. The number of fused-ring (bicyclic) bond motifs is 3. The molecule has 0 spiro atoms. The monoisotopic (exact) mass is 443 g/mol. The van der Waals surface area contributed by atoms with E-state index in [1.807, 2.05) is 53.0 Å². The lowest BCUT2D eigenvalue weighted by Crippen LogP contribution is -2.23. The summed E-state index contributed by atoms with van der Waals surface area (Å²) in [5.41, 5.74) is 5.92. The van der Waals surface area contributed by atoms with Crippen molar-refractivity contribution in [3.8, 4) is 22.6 Å².